The molecule has 0 saturated heterocycles. The lowest BCUT2D eigenvalue weighted by Gasteiger charge is -2.14. The maximum absolute atomic E-state index is 11.9. The molecular weight excluding hydrogens is 272 g/mol. The van der Waals surface area contributed by atoms with Gasteiger partial charge in [0.25, 0.3) is 0 Å². The topological polar surface area (TPSA) is 87.7 Å². The molecule has 2 amide bonds. The Hall–Kier alpha value is -2.08. The number of hydrogen-bond acceptors (Lipinski definition) is 3. The zero-order valence-electron chi connectivity index (χ0n) is 12.0. The van der Waals surface area contributed by atoms with Gasteiger partial charge in [0.05, 0.1) is 12.5 Å². The molecule has 1 aliphatic carbocycles. The zero-order valence-corrected chi connectivity index (χ0v) is 12.0. The average molecular weight is 292 g/mol. The van der Waals surface area contributed by atoms with E-state index >= 15 is 0 Å². The van der Waals surface area contributed by atoms with E-state index in [0.29, 0.717) is 31.6 Å². The van der Waals surface area contributed by atoms with Crippen LogP contribution in [-0.2, 0) is 16.1 Å². The minimum atomic E-state index is -0.785. The number of hydrogen-bond donors (Lipinski definition) is 3. The van der Waals surface area contributed by atoms with Gasteiger partial charge < -0.3 is 20.5 Å². The number of methoxy groups -OCH3 is 1. The molecule has 0 heterocycles. The number of nitrogens with one attached hydrogen (secondary N) is 2. The summed E-state index contributed by atoms with van der Waals surface area (Å²) in [4.78, 5) is 22.8. The number of carbonyl (C=O) groups excluding carboxylic acids is 1. The molecule has 0 aliphatic heterocycles. The zero-order chi connectivity index (χ0) is 15.2. The van der Waals surface area contributed by atoms with Gasteiger partial charge in [0.1, 0.15) is 0 Å². The van der Waals surface area contributed by atoms with E-state index < -0.39 is 5.97 Å². The highest BCUT2D eigenvalue weighted by molar-refractivity contribution is 5.89. The maximum atomic E-state index is 11.9. The van der Waals surface area contributed by atoms with E-state index in [1.807, 2.05) is 18.2 Å². The van der Waals surface area contributed by atoms with Crippen LogP contribution < -0.4 is 10.6 Å². The van der Waals surface area contributed by atoms with Gasteiger partial charge in [0.2, 0.25) is 0 Å². The summed E-state index contributed by atoms with van der Waals surface area (Å²) < 4.78 is 5.05. The molecule has 6 heteroatoms. The number of amides is 2. The van der Waals surface area contributed by atoms with E-state index in [1.165, 1.54) is 0 Å². The second-order valence-corrected chi connectivity index (χ2v) is 5.28. The highest BCUT2D eigenvalue weighted by Gasteiger charge is 2.30. The maximum Gasteiger partial charge on any atom is 0.319 e. The number of carboxylic acid groups (broad SMARTS) is 1. The minimum Gasteiger partial charge on any atom is -0.481 e. The van der Waals surface area contributed by atoms with Crippen LogP contribution in [0.2, 0.25) is 0 Å². The predicted octanol–water partition coefficient (Wildman–Crippen LogP) is 2.21. The number of aliphatic carboxylic acids is 1. The van der Waals surface area contributed by atoms with Crippen molar-refractivity contribution in [1.29, 1.82) is 0 Å². The summed E-state index contributed by atoms with van der Waals surface area (Å²) in [6.45, 7) is 0.486. The van der Waals surface area contributed by atoms with Crippen molar-refractivity contribution in [2.75, 3.05) is 12.4 Å². The van der Waals surface area contributed by atoms with Gasteiger partial charge in [-0.15, -0.1) is 0 Å². The van der Waals surface area contributed by atoms with Crippen molar-refractivity contribution in [3.8, 4) is 0 Å². The van der Waals surface area contributed by atoms with E-state index in [1.54, 1.807) is 13.2 Å². The van der Waals surface area contributed by atoms with Gasteiger partial charge in [-0.2, -0.15) is 0 Å². The number of anilines is 1. The first kappa shape index (κ1) is 15.3. The van der Waals surface area contributed by atoms with Crippen molar-refractivity contribution < 1.29 is 19.4 Å². The number of benzene rings is 1. The van der Waals surface area contributed by atoms with Gasteiger partial charge in [-0.1, -0.05) is 12.1 Å². The van der Waals surface area contributed by atoms with Crippen LogP contribution in [0.1, 0.15) is 24.8 Å². The fraction of sp³-hybridized carbons (Fsp3) is 0.467. The molecule has 1 saturated carbocycles. The van der Waals surface area contributed by atoms with E-state index in [-0.39, 0.29) is 18.0 Å². The summed E-state index contributed by atoms with van der Waals surface area (Å²) >= 11 is 0. The SMILES string of the molecule is COCc1cccc(NC(=O)NC2CCC(C(=O)O)C2)c1. The van der Waals surface area contributed by atoms with E-state index in [4.69, 9.17) is 9.84 Å². The molecule has 6 nitrogen and oxygen atoms in total. The van der Waals surface area contributed by atoms with Crippen molar-refractivity contribution in [2.45, 2.75) is 31.9 Å². The lowest BCUT2D eigenvalue weighted by atomic mass is 10.1. The second kappa shape index (κ2) is 7.08. The number of carboxylic acids is 1. The number of urea groups is 1. The monoisotopic (exact) mass is 292 g/mol. The molecule has 3 N–H and O–H groups in total. The van der Waals surface area contributed by atoms with Crippen LogP contribution in [0.4, 0.5) is 10.5 Å². The minimum absolute atomic E-state index is 0.0757. The molecule has 1 aromatic rings. The Balaban J connectivity index is 1.85. The van der Waals surface area contributed by atoms with Crippen LogP contribution in [0.5, 0.6) is 0 Å². The molecule has 1 aliphatic rings. The number of carbonyl (C=O) groups is 2. The van der Waals surface area contributed by atoms with Crippen molar-refractivity contribution in [3.63, 3.8) is 0 Å². The van der Waals surface area contributed by atoms with Crippen LogP contribution in [0, 0.1) is 5.92 Å². The average Bonchev–Trinajstić information content (AvgIpc) is 2.88. The van der Waals surface area contributed by atoms with Crippen molar-refractivity contribution in [1.82, 2.24) is 5.32 Å². The quantitative estimate of drug-likeness (QED) is 0.776. The molecule has 1 fully saturated rings. The Labute approximate surface area is 123 Å². The van der Waals surface area contributed by atoms with Gasteiger partial charge in [-0.3, -0.25) is 4.79 Å². The van der Waals surface area contributed by atoms with Gasteiger partial charge in [0, 0.05) is 18.8 Å². The van der Waals surface area contributed by atoms with Crippen LogP contribution in [-0.4, -0.2) is 30.3 Å². The molecule has 2 rings (SSSR count). The smallest absolute Gasteiger partial charge is 0.319 e. The summed E-state index contributed by atoms with van der Waals surface area (Å²) in [6, 6.07) is 7.03. The van der Waals surface area contributed by atoms with Crippen LogP contribution in [0.15, 0.2) is 24.3 Å². The van der Waals surface area contributed by atoms with E-state index in [2.05, 4.69) is 10.6 Å². The summed E-state index contributed by atoms with van der Waals surface area (Å²) in [5, 5.41) is 14.5. The van der Waals surface area contributed by atoms with Crippen molar-refractivity contribution in [2.24, 2.45) is 5.92 Å². The Morgan fingerprint density at radius 1 is 1.38 bits per heavy atom. The standard InChI is InChI=1S/C15H20N2O4/c1-21-9-10-3-2-4-12(7-10)16-15(20)17-13-6-5-11(8-13)14(18)19/h2-4,7,11,13H,5-6,8-9H2,1H3,(H,18,19)(H2,16,17,20). The van der Waals surface area contributed by atoms with Gasteiger partial charge in [-0.25, -0.2) is 4.79 Å². The third kappa shape index (κ3) is 4.46. The number of rotatable bonds is 5. The fourth-order valence-corrected chi connectivity index (χ4v) is 2.60. The van der Waals surface area contributed by atoms with Gasteiger partial charge >= 0.3 is 12.0 Å². The Morgan fingerprint density at radius 2 is 2.19 bits per heavy atom. The molecule has 114 valence electrons. The third-order valence-electron chi connectivity index (χ3n) is 3.61. The predicted molar refractivity (Wildman–Crippen MR) is 78.1 cm³/mol. The molecule has 21 heavy (non-hydrogen) atoms. The largest absolute Gasteiger partial charge is 0.481 e. The molecule has 2 unspecified atom stereocenters. The first-order chi connectivity index (χ1) is 10.1. The highest BCUT2D eigenvalue weighted by Crippen LogP contribution is 2.25. The van der Waals surface area contributed by atoms with E-state index in [9.17, 15) is 9.59 Å². The molecule has 0 bridgehead atoms. The Kier molecular flexibility index (Phi) is 5.16. The molecule has 2 atom stereocenters. The molecule has 0 radical (unpaired) electrons. The fourth-order valence-electron chi connectivity index (χ4n) is 2.60. The Bertz CT molecular complexity index is 518. The summed E-state index contributed by atoms with van der Waals surface area (Å²) in [7, 11) is 1.62. The highest BCUT2D eigenvalue weighted by atomic mass is 16.5. The van der Waals surface area contributed by atoms with Gasteiger partial charge in [0.15, 0.2) is 0 Å². The molecule has 0 spiro atoms. The lowest BCUT2D eigenvalue weighted by molar-refractivity contribution is -0.141. The normalized spacial score (nSPS) is 21.0. The summed E-state index contributed by atoms with van der Waals surface area (Å²) in [5.41, 5.74) is 1.66. The molecule has 0 aromatic heterocycles. The number of ether oxygens (including phenoxy) is 1. The van der Waals surface area contributed by atoms with Crippen LogP contribution in [0.25, 0.3) is 0 Å². The summed E-state index contributed by atoms with van der Waals surface area (Å²) in [6.07, 6.45) is 1.81. The first-order valence-electron chi connectivity index (χ1n) is 6.96. The second-order valence-electron chi connectivity index (χ2n) is 5.28. The van der Waals surface area contributed by atoms with Gasteiger partial charge in [-0.05, 0) is 37.0 Å². The van der Waals surface area contributed by atoms with Crippen LogP contribution in [0.3, 0.4) is 0 Å². The third-order valence-corrected chi connectivity index (χ3v) is 3.61. The van der Waals surface area contributed by atoms with Crippen LogP contribution >= 0.6 is 0 Å². The molecule has 1 aromatic carbocycles. The van der Waals surface area contributed by atoms with E-state index in [0.717, 1.165) is 5.56 Å². The summed E-state index contributed by atoms with van der Waals surface area (Å²) in [5.74, 6) is -1.13. The molecular formula is C15H20N2O4. The Morgan fingerprint density at radius 3 is 2.86 bits per heavy atom. The lowest BCUT2D eigenvalue weighted by Crippen LogP contribution is -2.36. The first-order valence-corrected chi connectivity index (χ1v) is 6.96. The van der Waals surface area contributed by atoms with Crippen molar-refractivity contribution in [3.05, 3.63) is 29.8 Å². The van der Waals surface area contributed by atoms with Crippen molar-refractivity contribution >= 4 is 17.7 Å².